The Morgan fingerprint density at radius 3 is 2.31 bits per heavy atom. The molecule has 1 unspecified atom stereocenters. The zero-order valence-corrected chi connectivity index (χ0v) is 21.9. The van der Waals surface area contributed by atoms with Gasteiger partial charge < -0.3 is 9.47 Å². The van der Waals surface area contributed by atoms with Crippen molar-refractivity contribution in [2.45, 2.75) is 78.6 Å². The van der Waals surface area contributed by atoms with Crippen LogP contribution in [0.1, 0.15) is 89.7 Å². The molecule has 2 aromatic carbocycles. The molecule has 1 atom stereocenters. The summed E-state index contributed by atoms with van der Waals surface area (Å²) in [6, 6.07) is 15.8. The third-order valence-electron chi connectivity index (χ3n) is 6.04. The second kappa shape index (κ2) is 17.5. The van der Waals surface area contributed by atoms with E-state index in [-0.39, 0.29) is 5.97 Å². The highest BCUT2D eigenvalue weighted by Gasteiger charge is 2.03. The van der Waals surface area contributed by atoms with Gasteiger partial charge in [0.15, 0.2) is 0 Å². The largest absolute Gasteiger partial charge is 0.493 e. The van der Waals surface area contributed by atoms with Crippen LogP contribution in [0.25, 0.3) is 6.08 Å². The smallest absolute Gasteiger partial charge is 0.330 e. The zero-order chi connectivity index (χ0) is 25.1. The molecule has 0 aromatic heterocycles. The molecule has 2 aromatic rings. The molecule has 0 amide bonds. The number of para-hydroxylation sites is 1. The fourth-order valence-electron chi connectivity index (χ4n) is 3.51. The highest BCUT2D eigenvalue weighted by Crippen LogP contribution is 2.19. The number of benzene rings is 2. The van der Waals surface area contributed by atoms with Gasteiger partial charge in [-0.2, -0.15) is 0 Å². The van der Waals surface area contributed by atoms with Gasteiger partial charge in [0.05, 0.1) is 18.9 Å². The van der Waals surface area contributed by atoms with Crippen LogP contribution in [0.5, 0.6) is 5.75 Å². The maximum Gasteiger partial charge on any atom is 0.330 e. The predicted molar refractivity (Wildman–Crippen MR) is 148 cm³/mol. The summed E-state index contributed by atoms with van der Waals surface area (Å²) in [5.74, 6) is 0.941. The van der Waals surface area contributed by atoms with Crippen molar-refractivity contribution in [3.8, 4) is 5.75 Å². The summed E-state index contributed by atoms with van der Waals surface area (Å²) >= 11 is 0. The third-order valence-corrected chi connectivity index (χ3v) is 6.04. The number of rotatable bonds is 17. The quantitative estimate of drug-likeness (QED) is 0.0992. The summed E-state index contributed by atoms with van der Waals surface area (Å²) in [4.78, 5) is 16.4. The van der Waals surface area contributed by atoms with Crippen molar-refractivity contribution in [2.24, 2.45) is 10.9 Å². The van der Waals surface area contributed by atoms with Gasteiger partial charge in [0.25, 0.3) is 0 Å². The number of ether oxygens (including phenoxy) is 2. The number of carbonyl (C=O) groups is 1. The molecule has 0 aliphatic carbocycles. The molecule has 0 aliphatic heterocycles. The van der Waals surface area contributed by atoms with Gasteiger partial charge in [-0.25, -0.2) is 4.79 Å². The summed E-state index contributed by atoms with van der Waals surface area (Å²) in [5.41, 5.74) is 2.75. The van der Waals surface area contributed by atoms with E-state index < -0.39 is 0 Å². The molecule has 190 valence electrons. The predicted octanol–water partition coefficient (Wildman–Crippen LogP) is 8.56. The monoisotopic (exact) mass is 477 g/mol. The van der Waals surface area contributed by atoms with Crippen molar-refractivity contribution >= 4 is 23.9 Å². The standard InChI is InChI=1S/C31H43NO3/c1-4-6-7-8-9-10-11-14-23-34-30-16-13-12-15-28(30)24-32-29-20-17-27(18-21-29)19-22-31(33)35-25-26(3)5-2/h12-13,15-22,24,26H,4-11,14,23,25H2,1-3H3/b22-19+,32-24?. The molecule has 35 heavy (non-hydrogen) atoms. The van der Waals surface area contributed by atoms with Crippen LogP contribution in [0, 0.1) is 5.92 Å². The Labute approximate surface area is 212 Å². The van der Waals surface area contributed by atoms with Gasteiger partial charge in [-0.15, -0.1) is 0 Å². The lowest BCUT2D eigenvalue weighted by molar-refractivity contribution is -0.138. The molecule has 0 N–H and O–H groups in total. The van der Waals surface area contributed by atoms with Crippen LogP contribution < -0.4 is 4.74 Å². The van der Waals surface area contributed by atoms with Gasteiger partial charge in [0.1, 0.15) is 5.75 Å². The second-order valence-electron chi connectivity index (χ2n) is 9.19. The van der Waals surface area contributed by atoms with Crippen molar-refractivity contribution < 1.29 is 14.3 Å². The van der Waals surface area contributed by atoms with E-state index in [9.17, 15) is 4.79 Å². The van der Waals surface area contributed by atoms with Crippen LogP contribution in [0.4, 0.5) is 5.69 Å². The number of unbranched alkanes of at least 4 members (excludes halogenated alkanes) is 7. The van der Waals surface area contributed by atoms with E-state index in [1.807, 2.05) is 54.7 Å². The zero-order valence-electron chi connectivity index (χ0n) is 21.9. The van der Waals surface area contributed by atoms with Crippen molar-refractivity contribution in [3.63, 3.8) is 0 Å². The average molecular weight is 478 g/mol. The summed E-state index contributed by atoms with van der Waals surface area (Å²) in [5, 5.41) is 0. The fraction of sp³-hybridized carbons (Fsp3) is 0.484. The maximum atomic E-state index is 11.8. The van der Waals surface area contributed by atoms with Crippen molar-refractivity contribution in [2.75, 3.05) is 13.2 Å². The summed E-state index contributed by atoms with van der Waals surface area (Å²) in [6.45, 7) is 7.60. The summed E-state index contributed by atoms with van der Waals surface area (Å²) in [7, 11) is 0. The van der Waals surface area contributed by atoms with Crippen LogP contribution in [-0.4, -0.2) is 25.4 Å². The first-order valence-electron chi connectivity index (χ1n) is 13.3. The van der Waals surface area contributed by atoms with E-state index in [1.54, 1.807) is 6.08 Å². The van der Waals surface area contributed by atoms with E-state index in [1.165, 1.54) is 51.0 Å². The van der Waals surface area contributed by atoms with Gasteiger partial charge >= 0.3 is 5.97 Å². The molecular formula is C31H43NO3. The van der Waals surface area contributed by atoms with Crippen LogP contribution in [-0.2, 0) is 9.53 Å². The van der Waals surface area contributed by atoms with E-state index in [0.29, 0.717) is 12.5 Å². The lowest BCUT2D eigenvalue weighted by Crippen LogP contribution is -2.08. The molecular weight excluding hydrogens is 434 g/mol. The molecule has 0 spiro atoms. The molecule has 0 aliphatic rings. The number of carbonyl (C=O) groups excluding carboxylic acids is 1. The Hall–Kier alpha value is -2.88. The SMILES string of the molecule is CCCCCCCCCCOc1ccccc1C=Nc1ccc(/C=C/C(=O)OCC(C)CC)cc1. The Balaban J connectivity index is 1.79. The molecule has 0 bridgehead atoms. The van der Waals surface area contributed by atoms with E-state index in [4.69, 9.17) is 9.47 Å². The molecule has 0 radical (unpaired) electrons. The summed E-state index contributed by atoms with van der Waals surface area (Å²) in [6.07, 6.45) is 16.4. The van der Waals surface area contributed by atoms with Gasteiger partial charge in [0, 0.05) is 17.9 Å². The van der Waals surface area contributed by atoms with Crippen molar-refractivity contribution in [1.29, 1.82) is 0 Å². The first kappa shape index (κ1) is 28.4. The molecule has 0 heterocycles. The number of hydrogen-bond acceptors (Lipinski definition) is 4. The van der Waals surface area contributed by atoms with E-state index in [0.717, 1.165) is 42.0 Å². The molecule has 0 fully saturated rings. The van der Waals surface area contributed by atoms with Gasteiger partial charge in [-0.1, -0.05) is 96.4 Å². The van der Waals surface area contributed by atoms with Crippen molar-refractivity contribution in [1.82, 2.24) is 0 Å². The van der Waals surface area contributed by atoms with E-state index in [2.05, 4.69) is 25.8 Å². The molecule has 2 rings (SSSR count). The molecule has 0 saturated carbocycles. The van der Waals surface area contributed by atoms with Crippen LogP contribution in [0.3, 0.4) is 0 Å². The Kier molecular flexibility index (Phi) is 14.2. The minimum Gasteiger partial charge on any atom is -0.493 e. The fourth-order valence-corrected chi connectivity index (χ4v) is 3.51. The lowest BCUT2D eigenvalue weighted by Gasteiger charge is -2.09. The Morgan fingerprint density at radius 2 is 1.60 bits per heavy atom. The topological polar surface area (TPSA) is 47.9 Å². The third kappa shape index (κ3) is 12.4. The van der Waals surface area contributed by atoms with Crippen LogP contribution >= 0.6 is 0 Å². The lowest BCUT2D eigenvalue weighted by atomic mass is 10.1. The second-order valence-corrected chi connectivity index (χ2v) is 9.19. The summed E-state index contributed by atoms with van der Waals surface area (Å²) < 4.78 is 11.3. The van der Waals surface area contributed by atoms with Gasteiger partial charge in [-0.3, -0.25) is 4.99 Å². The average Bonchev–Trinajstić information content (AvgIpc) is 2.89. The first-order chi connectivity index (χ1) is 17.1. The number of esters is 1. The number of hydrogen-bond donors (Lipinski definition) is 0. The van der Waals surface area contributed by atoms with Crippen LogP contribution in [0.15, 0.2) is 59.6 Å². The minimum absolute atomic E-state index is 0.309. The minimum atomic E-state index is -0.309. The van der Waals surface area contributed by atoms with Crippen LogP contribution in [0.2, 0.25) is 0 Å². The molecule has 4 heteroatoms. The normalized spacial score (nSPS) is 12.3. The Bertz CT molecular complexity index is 902. The number of aliphatic imine (C=N–C) groups is 1. The highest BCUT2D eigenvalue weighted by atomic mass is 16.5. The highest BCUT2D eigenvalue weighted by molar-refractivity contribution is 5.87. The van der Waals surface area contributed by atoms with Gasteiger partial charge in [-0.05, 0) is 48.2 Å². The molecule has 4 nitrogen and oxygen atoms in total. The first-order valence-corrected chi connectivity index (χ1v) is 13.3. The maximum absolute atomic E-state index is 11.8. The van der Waals surface area contributed by atoms with Gasteiger partial charge in [0.2, 0.25) is 0 Å². The van der Waals surface area contributed by atoms with Crippen molar-refractivity contribution in [3.05, 3.63) is 65.7 Å². The Morgan fingerprint density at radius 1 is 0.914 bits per heavy atom. The number of nitrogens with zero attached hydrogens (tertiary/aromatic N) is 1. The van der Waals surface area contributed by atoms with E-state index >= 15 is 0 Å². The molecule has 0 saturated heterocycles.